The van der Waals surface area contributed by atoms with E-state index in [1.165, 1.54) is 6.07 Å². The molecule has 1 N–H and O–H groups in total. The predicted octanol–water partition coefficient (Wildman–Crippen LogP) is 2.87. The summed E-state index contributed by atoms with van der Waals surface area (Å²) < 4.78 is 25.4. The van der Waals surface area contributed by atoms with E-state index < -0.39 is 17.4 Å². The molecule has 0 aliphatic carbocycles. The number of phenols is 1. The summed E-state index contributed by atoms with van der Waals surface area (Å²) in [6, 6.07) is 2.44. The molecule has 0 spiro atoms. The van der Waals surface area contributed by atoms with Crippen LogP contribution in [0.2, 0.25) is 0 Å². The van der Waals surface area contributed by atoms with Gasteiger partial charge >= 0.3 is 0 Å². The van der Waals surface area contributed by atoms with Gasteiger partial charge in [-0.2, -0.15) is 4.39 Å². The molecule has 0 aliphatic rings. The quantitative estimate of drug-likeness (QED) is 0.752. The van der Waals surface area contributed by atoms with E-state index in [0.29, 0.717) is 17.9 Å². The summed E-state index contributed by atoms with van der Waals surface area (Å²) in [5, 5.41) is 9.21. The van der Waals surface area contributed by atoms with Crippen molar-refractivity contribution in [1.29, 1.82) is 0 Å². The third-order valence-electron chi connectivity index (χ3n) is 1.78. The molecule has 3 heteroatoms. The number of halogens is 2. The number of hydrogen-bond donors (Lipinski definition) is 1. The summed E-state index contributed by atoms with van der Waals surface area (Å²) >= 11 is 0. The summed E-state index contributed by atoms with van der Waals surface area (Å²) in [7, 11) is 0. The van der Waals surface area contributed by atoms with Crippen LogP contribution in [0.25, 0.3) is 0 Å². The van der Waals surface area contributed by atoms with Crippen molar-refractivity contribution in [2.24, 2.45) is 5.92 Å². The molecule has 1 aromatic rings. The average Bonchev–Trinajstić information content (AvgIpc) is 2.06. The van der Waals surface area contributed by atoms with Crippen molar-refractivity contribution in [2.45, 2.75) is 20.3 Å². The van der Waals surface area contributed by atoms with Crippen molar-refractivity contribution in [3.63, 3.8) is 0 Å². The second kappa shape index (κ2) is 3.73. The van der Waals surface area contributed by atoms with Gasteiger partial charge in [-0.15, -0.1) is 0 Å². The predicted molar refractivity (Wildman–Crippen MR) is 46.6 cm³/mol. The van der Waals surface area contributed by atoms with E-state index in [0.717, 1.165) is 6.07 Å². The Hall–Kier alpha value is -1.12. The van der Waals surface area contributed by atoms with E-state index in [9.17, 15) is 13.9 Å². The number of aromatic hydroxyl groups is 1. The molecule has 0 aromatic heterocycles. The first-order valence-electron chi connectivity index (χ1n) is 4.18. The van der Waals surface area contributed by atoms with Crippen LogP contribution in [0.15, 0.2) is 12.1 Å². The fourth-order valence-electron chi connectivity index (χ4n) is 1.18. The number of benzene rings is 1. The maximum Gasteiger partial charge on any atom is 0.200 e. The van der Waals surface area contributed by atoms with Crippen molar-refractivity contribution >= 4 is 0 Å². The van der Waals surface area contributed by atoms with Gasteiger partial charge in [-0.1, -0.05) is 19.9 Å². The van der Waals surface area contributed by atoms with Crippen molar-refractivity contribution in [3.8, 4) is 5.75 Å². The van der Waals surface area contributed by atoms with Crippen LogP contribution in [0.3, 0.4) is 0 Å². The molecule has 0 saturated carbocycles. The molecule has 0 radical (unpaired) electrons. The van der Waals surface area contributed by atoms with E-state index in [1.54, 1.807) is 0 Å². The van der Waals surface area contributed by atoms with Gasteiger partial charge in [0.15, 0.2) is 11.6 Å². The first-order chi connectivity index (χ1) is 6.02. The molecule has 0 unspecified atom stereocenters. The first kappa shape index (κ1) is 9.96. The van der Waals surface area contributed by atoms with Crippen LogP contribution in [0.4, 0.5) is 8.78 Å². The Labute approximate surface area is 76.0 Å². The Kier molecular flexibility index (Phi) is 2.86. The number of hydrogen-bond acceptors (Lipinski definition) is 1. The lowest BCUT2D eigenvalue weighted by molar-refractivity contribution is 0.398. The van der Waals surface area contributed by atoms with Crippen molar-refractivity contribution in [1.82, 2.24) is 0 Å². The molecular formula is C10H12F2O. The molecule has 1 nitrogen and oxygen atoms in total. The second-order valence-electron chi connectivity index (χ2n) is 3.47. The Morgan fingerprint density at radius 3 is 2.46 bits per heavy atom. The summed E-state index contributed by atoms with van der Waals surface area (Å²) in [5.74, 6) is -2.42. The maximum atomic E-state index is 12.8. The third-order valence-corrected chi connectivity index (χ3v) is 1.78. The van der Waals surface area contributed by atoms with Crippen molar-refractivity contribution in [2.75, 3.05) is 0 Å². The van der Waals surface area contributed by atoms with E-state index >= 15 is 0 Å². The fourth-order valence-corrected chi connectivity index (χ4v) is 1.18. The van der Waals surface area contributed by atoms with Crippen molar-refractivity contribution < 1.29 is 13.9 Å². The van der Waals surface area contributed by atoms with Crippen LogP contribution in [-0.2, 0) is 6.42 Å². The molecule has 0 aliphatic heterocycles. The Morgan fingerprint density at radius 1 is 1.31 bits per heavy atom. The largest absolute Gasteiger partial charge is 0.505 e. The Balaban J connectivity index is 3.04. The number of phenolic OH excluding ortho intramolecular Hbond substituents is 1. The highest BCUT2D eigenvalue weighted by Crippen LogP contribution is 2.25. The van der Waals surface area contributed by atoms with Gasteiger partial charge in [-0.3, -0.25) is 0 Å². The minimum absolute atomic E-state index is 0.302. The van der Waals surface area contributed by atoms with E-state index in [-0.39, 0.29) is 0 Å². The first-order valence-corrected chi connectivity index (χ1v) is 4.18. The van der Waals surface area contributed by atoms with Gasteiger partial charge < -0.3 is 5.11 Å². The highest BCUT2D eigenvalue weighted by atomic mass is 19.2. The number of rotatable bonds is 2. The Bertz CT molecular complexity index is 308. The van der Waals surface area contributed by atoms with E-state index in [1.807, 2.05) is 13.8 Å². The van der Waals surface area contributed by atoms with Crippen LogP contribution in [-0.4, -0.2) is 5.11 Å². The minimum atomic E-state index is -1.15. The molecule has 1 rings (SSSR count). The SMILES string of the molecule is CC(C)Cc1ccc(F)c(F)c1O. The third kappa shape index (κ3) is 2.17. The van der Waals surface area contributed by atoms with Crippen LogP contribution in [0.1, 0.15) is 19.4 Å². The maximum absolute atomic E-state index is 12.8. The zero-order valence-corrected chi connectivity index (χ0v) is 7.64. The van der Waals surface area contributed by atoms with E-state index in [2.05, 4.69) is 0 Å². The molecule has 0 bridgehead atoms. The molecule has 0 fully saturated rings. The fraction of sp³-hybridized carbons (Fsp3) is 0.400. The zero-order chi connectivity index (χ0) is 10.0. The van der Waals surface area contributed by atoms with Gasteiger partial charge in [0, 0.05) is 0 Å². The zero-order valence-electron chi connectivity index (χ0n) is 7.64. The average molecular weight is 186 g/mol. The van der Waals surface area contributed by atoms with Gasteiger partial charge in [0.1, 0.15) is 0 Å². The van der Waals surface area contributed by atoms with Gasteiger partial charge in [-0.05, 0) is 24.0 Å². The summed E-state index contributed by atoms with van der Waals surface area (Å²) in [5.41, 5.74) is 0.453. The van der Waals surface area contributed by atoms with Crippen molar-refractivity contribution in [3.05, 3.63) is 29.3 Å². The lowest BCUT2D eigenvalue weighted by Gasteiger charge is -2.07. The molecule has 1 aromatic carbocycles. The van der Waals surface area contributed by atoms with Crippen LogP contribution >= 0.6 is 0 Å². The van der Waals surface area contributed by atoms with Gasteiger partial charge in [0.05, 0.1) is 0 Å². The Morgan fingerprint density at radius 2 is 1.92 bits per heavy atom. The van der Waals surface area contributed by atoms with Gasteiger partial charge in [0.25, 0.3) is 0 Å². The molecule has 13 heavy (non-hydrogen) atoms. The van der Waals surface area contributed by atoms with Gasteiger partial charge in [0.2, 0.25) is 5.82 Å². The van der Waals surface area contributed by atoms with Crippen LogP contribution in [0, 0.1) is 17.6 Å². The molecule has 0 heterocycles. The summed E-state index contributed by atoms with van der Waals surface area (Å²) in [6.45, 7) is 3.89. The molecular weight excluding hydrogens is 174 g/mol. The highest BCUT2D eigenvalue weighted by molar-refractivity contribution is 5.34. The molecule has 72 valence electrons. The molecule has 0 amide bonds. The second-order valence-corrected chi connectivity index (χ2v) is 3.47. The minimum Gasteiger partial charge on any atom is -0.505 e. The summed E-state index contributed by atoms with van der Waals surface area (Å²) in [6.07, 6.45) is 0.545. The topological polar surface area (TPSA) is 20.2 Å². The van der Waals surface area contributed by atoms with Crippen LogP contribution < -0.4 is 0 Å². The lowest BCUT2D eigenvalue weighted by atomic mass is 10.0. The lowest BCUT2D eigenvalue weighted by Crippen LogP contribution is -1.97. The normalized spacial score (nSPS) is 10.8. The summed E-state index contributed by atoms with van der Waals surface area (Å²) in [4.78, 5) is 0. The highest BCUT2D eigenvalue weighted by Gasteiger charge is 2.12. The standard InChI is InChI=1S/C10H12F2O/c1-6(2)5-7-3-4-8(11)9(12)10(7)13/h3-4,6,13H,5H2,1-2H3. The monoisotopic (exact) mass is 186 g/mol. The van der Waals surface area contributed by atoms with E-state index in [4.69, 9.17) is 0 Å². The van der Waals surface area contributed by atoms with Gasteiger partial charge in [-0.25, -0.2) is 4.39 Å². The molecule has 0 atom stereocenters. The smallest absolute Gasteiger partial charge is 0.200 e. The molecule has 0 saturated heterocycles. The van der Waals surface area contributed by atoms with Crippen LogP contribution in [0.5, 0.6) is 5.75 Å².